The van der Waals surface area contributed by atoms with Gasteiger partial charge in [-0.05, 0) is 6.92 Å². The van der Waals surface area contributed by atoms with Gasteiger partial charge in [-0.15, -0.1) is 0 Å². The zero-order chi connectivity index (χ0) is 12.1. The van der Waals surface area contributed by atoms with Crippen molar-refractivity contribution in [3.8, 4) is 0 Å². The molecule has 1 atom stereocenters. The van der Waals surface area contributed by atoms with Crippen molar-refractivity contribution in [1.29, 1.82) is 0 Å². The molecule has 7 heteroatoms. The average Bonchev–Trinajstić information content (AvgIpc) is 2.59. The molecule has 0 radical (unpaired) electrons. The van der Waals surface area contributed by atoms with E-state index in [1.165, 1.54) is 10.9 Å². The Labute approximate surface area is 94.8 Å². The third-order valence-electron chi connectivity index (χ3n) is 2.89. The fraction of sp³-hybridized carbons (Fsp3) is 0.556. The zero-order valence-electron chi connectivity index (χ0n) is 8.38. The molecule has 0 bridgehead atoms. The summed E-state index contributed by atoms with van der Waals surface area (Å²) < 4.78 is 27.9. The Hall–Kier alpha value is -1.17. The number of aliphatic carboxylic acids is 1. The third kappa shape index (κ3) is 1.19. The van der Waals surface area contributed by atoms with Gasteiger partial charge in [0.05, 0.1) is 12.0 Å². The van der Waals surface area contributed by atoms with Crippen LogP contribution in [0.3, 0.4) is 0 Å². The van der Waals surface area contributed by atoms with Gasteiger partial charge < -0.3 is 9.67 Å². The second kappa shape index (κ2) is 3.16. The van der Waals surface area contributed by atoms with Crippen LogP contribution < -0.4 is 0 Å². The Morgan fingerprint density at radius 2 is 2.31 bits per heavy atom. The molecule has 1 N–H and O–H groups in total. The molecule has 1 saturated carbocycles. The van der Waals surface area contributed by atoms with Crippen molar-refractivity contribution in [2.75, 3.05) is 0 Å². The number of aromatic nitrogens is 2. The molecule has 0 saturated heterocycles. The molecule has 1 aliphatic rings. The van der Waals surface area contributed by atoms with Crippen LogP contribution in [0, 0.1) is 0 Å². The van der Waals surface area contributed by atoms with E-state index in [0.29, 0.717) is 6.54 Å². The van der Waals surface area contributed by atoms with Crippen LogP contribution in [-0.4, -0.2) is 26.5 Å². The SMILES string of the molecule is CCn1cnc(Cl)c1C1(C(=O)O)CC1(F)F. The Kier molecular flexibility index (Phi) is 2.24. The standard InChI is InChI=1S/C9H9ClF2N2O2/c1-2-14-4-13-6(10)5(14)8(7(15)16)3-9(8,11)12/h4H,2-3H2,1H3,(H,15,16). The highest BCUT2D eigenvalue weighted by molar-refractivity contribution is 6.30. The fourth-order valence-corrected chi connectivity index (χ4v) is 2.21. The number of carbonyl (C=O) groups is 1. The molecule has 1 aliphatic carbocycles. The summed E-state index contributed by atoms with van der Waals surface area (Å²) in [6.07, 6.45) is 0.553. The van der Waals surface area contributed by atoms with E-state index in [2.05, 4.69) is 4.98 Å². The molecule has 2 rings (SSSR count). The maximum atomic E-state index is 13.3. The van der Waals surface area contributed by atoms with Gasteiger partial charge in [-0.25, -0.2) is 13.8 Å². The van der Waals surface area contributed by atoms with Crippen molar-refractivity contribution in [1.82, 2.24) is 9.55 Å². The predicted molar refractivity (Wildman–Crippen MR) is 51.8 cm³/mol. The van der Waals surface area contributed by atoms with E-state index >= 15 is 0 Å². The van der Waals surface area contributed by atoms with Crippen molar-refractivity contribution in [2.45, 2.75) is 31.2 Å². The van der Waals surface area contributed by atoms with Crippen molar-refractivity contribution < 1.29 is 18.7 Å². The van der Waals surface area contributed by atoms with Crippen molar-refractivity contribution in [3.63, 3.8) is 0 Å². The van der Waals surface area contributed by atoms with Crippen LogP contribution in [0.1, 0.15) is 19.0 Å². The number of nitrogens with zero attached hydrogens (tertiary/aromatic N) is 2. The summed E-state index contributed by atoms with van der Waals surface area (Å²) in [5, 5.41) is 8.81. The van der Waals surface area contributed by atoms with Crippen LogP contribution in [0.4, 0.5) is 8.78 Å². The van der Waals surface area contributed by atoms with Crippen LogP contribution in [-0.2, 0) is 16.8 Å². The number of hydrogen-bond acceptors (Lipinski definition) is 2. The summed E-state index contributed by atoms with van der Waals surface area (Å²) in [4.78, 5) is 14.7. The lowest BCUT2D eigenvalue weighted by atomic mass is 10.0. The summed E-state index contributed by atoms with van der Waals surface area (Å²) in [5.74, 6) is -4.82. The lowest BCUT2D eigenvalue weighted by Crippen LogP contribution is -2.30. The van der Waals surface area contributed by atoms with Gasteiger partial charge in [0.15, 0.2) is 10.6 Å². The molecule has 1 aromatic heterocycles. The minimum absolute atomic E-state index is 0.103. The van der Waals surface area contributed by atoms with E-state index in [1.807, 2.05) is 0 Å². The second-order valence-electron chi connectivity index (χ2n) is 3.76. The lowest BCUT2D eigenvalue weighted by molar-refractivity contribution is -0.143. The van der Waals surface area contributed by atoms with Gasteiger partial charge in [-0.1, -0.05) is 11.6 Å². The van der Waals surface area contributed by atoms with Gasteiger partial charge >= 0.3 is 5.97 Å². The monoisotopic (exact) mass is 250 g/mol. The molecule has 88 valence electrons. The number of hydrogen-bond donors (Lipinski definition) is 1. The molecule has 0 aliphatic heterocycles. The van der Waals surface area contributed by atoms with Gasteiger partial charge in [0.1, 0.15) is 0 Å². The molecule has 1 fully saturated rings. The summed E-state index contributed by atoms with van der Waals surface area (Å²) in [6.45, 7) is 2.05. The normalized spacial score (nSPS) is 26.8. The number of rotatable bonds is 3. The maximum Gasteiger partial charge on any atom is 0.322 e. The average molecular weight is 251 g/mol. The zero-order valence-corrected chi connectivity index (χ0v) is 9.13. The van der Waals surface area contributed by atoms with Gasteiger partial charge in [-0.2, -0.15) is 0 Å². The number of imidazole rings is 1. The van der Waals surface area contributed by atoms with Crippen molar-refractivity contribution >= 4 is 17.6 Å². The van der Waals surface area contributed by atoms with E-state index in [4.69, 9.17) is 16.7 Å². The first-order valence-corrected chi connectivity index (χ1v) is 5.07. The van der Waals surface area contributed by atoms with Gasteiger partial charge in [0.2, 0.25) is 0 Å². The Balaban J connectivity index is 2.59. The van der Waals surface area contributed by atoms with E-state index in [0.717, 1.165) is 0 Å². The van der Waals surface area contributed by atoms with E-state index in [9.17, 15) is 13.6 Å². The molecule has 0 spiro atoms. The highest BCUT2D eigenvalue weighted by Crippen LogP contribution is 2.62. The molecule has 4 nitrogen and oxygen atoms in total. The largest absolute Gasteiger partial charge is 0.480 e. The van der Waals surface area contributed by atoms with Crippen LogP contribution in [0.15, 0.2) is 6.33 Å². The number of halogens is 3. The Bertz CT molecular complexity index is 460. The summed E-state index contributed by atoms with van der Waals surface area (Å²) in [7, 11) is 0. The summed E-state index contributed by atoms with van der Waals surface area (Å²) in [5.41, 5.74) is -2.30. The van der Waals surface area contributed by atoms with Crippen LogP contribution in [0.25, 0.3) is 0 Å². The minimum atomic E-state index is -3.25. The second-order valence-corrected chi connectivity index (χ2v) is 4.12. The molecule has 1 heterocycles. The Morgan fingerprint density at radius 3 is 2.69 bits per heavy atom. The molecular weight excluding hydrogens is 242 g/mol. The quantitative estimate of drug-likeness (QED) is 0.892. The van der Waals surface area contributed by atoms with E-state index in [1.54, 1.807) is 6.92 Å². The molecule has 16 heavy (non-hydrogen) atoms. The maximum absolute atomic E-state index is 13.3. The van der Waals surface area contributed by atoms with Crippen LogP contribution in [0.5, 0.6) is 0 Å². The van der Waals surface area contributed by atoms with Crippen LogP contribution >= 0.6 is 11.6 Å². The van der Waals surface area contributed by atoms with Crippen molar-refractivity contribution in [2.24, 2.45) is 0 Å². The van der Waals surface area contributed by atoms with E-state index in [-0.39, 0.29) is 10.8 Å². The van der Waals surface area contributed by atoms with E-state index < -0.39 is 23.7 Å². The first-order chi connectivity index (χ1) is 7.37. The molecule has 0 aromatic carbocycles. The number of carboxylic acid groups (broad SMARTS) is 1. The fourth-order valence-electron chi connectivity index (χ4n) is 1.90. The topological polar surface area (TPSA) is 55.1 Å². The van der Waals surface area contributed by atoms with Gasteiger partial charge in [0, 0.05) is 13.0 Å². The lowest BCUT2D eigenvalue weighted by Gasteiger charge is -2.13. The predicted octanol–water partition coefficient (Wildman–Crippen LogP) is 1.92. The first-order valence-electron chi connectivity index (χ1n) is 4.69. The summed E-state index contributed by atoms with van der Waals surface area (Å²) >= 11 is 5.69. The van der Waals surface area contributed by atoms with Gasteiger partial charge in [0.25, 0.3) is 5.92 Å². The number of alkyl halides is 2. The Morgan fingerprint density at radius 1 is 1.75 bits per heavy atom. The van der Waals surface area contributed by atoms with Gasteiger partial charge in [-0.3, -0.25) is 4.79 Å². The highest BCUT2D eigenvalue weighted by atomic mass is 35.5. The van der Waals surface area contributed by atoms with Crippen LogP contribution in [0.2, 0.25) is 5.15 Å². The summed E-state index contributed by atoms with van der Waals surface area (Å²) in [6, 6.07) is 0. The number of carboxylic acids is 1. The first kappa shape index (κ1) is 11.3. The van der Waals surface area contributed by atoms with Crippen molar-refractivity contribution in [3.05, 3.63) is 17.2 Å². The molecular formula is C9H9ClF2N2O2. The molecule has 0 amide bonds. The molecule has 1 unspecified atom stereocenters. The molecule has 1 aromatic rings. The highest BCUT2D eigenvalue weighted by Gasteiger charge is 2.79. The number of aryl methyl sites for hydroxylation is 1. The third-order valence-corrected chi connectivity index (χ3v) is 3.17. The minimum Gasteiger partial charge on any atom is -0.480 e. The smallest absolute Gasteiger partial charge is 0.322 e.